The van der Waals surface area contributed by atoms with Gasteiger partial charge in [-0.15, -0.1) is 10.2 Å². The highest BCUT2D eigenvalue weighted by atomic mass is 32.2. The van der Waals surface area contributed by atoms with Gasteiger partial charge in [0.15, 0.2) is 4.34 Å². The molecule has 2 rings (SSSR count). The standard InChI is InChI=1S/C16H20N4O5S3/c1-10-6-5-7-12(8-10)20(28(4,23)24)11(2)14(22)17-15-18-19-16(27-15)26-9-13(21)25-3/h5-8,11H,9H2,1-4H3,(H,17,18,22)/t11-/m1/s1. The van der Waals surface area contributed by atoms with Gasteiger partial charge in [-0.2, -0.15) is 0 Å². The Hall–Kier alpha value is -2.18. The fourth-order valence-corrected chi connectivity index (χ4v) is 5.04. The third-order valence-corrected chi connectivity index (χ3v) is 6.71. The number of sulfonamides is 1. The third-order valence-electron chi connectivity index (χ3n) is 3.52. The number of aryl methyl sites for hydroxylation is 1. The summed E-state index contributed by atoms with van der Waals surface area (Å²) < 4.78 is 30.7. The Kier molecular flexibility index (Phi) is 7.38. The average molecular weight is 445 g/mol. The molecule has 0 aliphatic rings. The van der Waals surface area contributed by atoms with E-state index in [4.69, 9.17) is 0 Å². The lowest BCUT2D eigenvalue weighted by Gasteiger charge is -2.28. The lowest BCUT2D eigenvalue weighted by molar-refractivity contribution is -0.137. The van der Waals surface area contributed by atoms with Gasteiger partial charge in [0.2, 0.25) is 21.1 Å². The molecule has 1 atom stereocenters. The van der Waals surface area contributed by atoms with Crippen LogP contribution in [0.25, 0.3) is 0 Å². The molecule has 0 saturated heterocycles. The molecule has 1 amide bonds. The number of nitrogens with one attached hydrogen (secondary N) is 1. The summed E-state index contributed by atoms with van der Waals surface area (Å²) in [5.74, 6) is -0.876. The second-order valence-electron chi connectivity index (χ2n) is 5.80. The van der Waals surface area contributed by atoms with Crippen molar-refractivity contribution in [2.75, 3.05) is 28.7 Å². The van der Waals surface area contributed by atoms with E-state index in [9.17, 15) is 18.0 Å². The first-order valence-corrected chi connectivity index (χ1v) is 11.7. The molecule has 0 unspecified atom stereocenters. The van der Waals surface area contributed by atoms with Crippen molar-refractivity contribution in [1.29, 1.82) is 0 Å². The van der Waals surface area contributed by atoms with Crippen LogP contribution in [0.15, 0.2) is 28.6 Å². The fourth-order valence-electron chi connectivity index (χ4n) is 2.28. The van der Waals surface area contributed by atoms with Crippen LogP contribution in [0.5, 0.6) is 0 Å². The van der Waals surface area contributed by atoms with Gasteiger partial charge in [-0.1, -0.05) is 35.2 Å². The predicted molar refractivity (Wildman–Crippen MR) is 109 cm³/mol. The Morgan fingerprint density at radius 3 is 2.68 bits per heavy atom. The number of benzene rings is 1. The molecule has 1 heterocycles. The van der Waals surface area contributed by atoms with Crippen LogP contribution in [0.2, 0.25) is 0 Å². The van der Waals surface area contributed by atoms with Crippen molar-refractivity contribution in [2.45, 2.75) is 24.2 Å². The summed E-state index contributed by atoms with van der Waals surface area (Å²) in [5.41, 5.74) is 1.27. The van der Waals surface area contributed by atoms with Crippen molar-refractivity contribution in [3.63, 3.8) is 0 Å². The Morgan fingerprint density at radius 1 is 1.36 bits per heavy atom. The number of ether oxygens (including phenoxy) is 1. The van der Waals surface area contributed by atoms with E-state index >= 15 is 0 Å². The maximum atomic E-state index is 12.6. The number of rotatable bonds is 8. The number of hydrogen-bond acceptors (Lipinski definition) is 9. The van der Waals surface area contributed by atoms with Crippen molar-refractivity contribution in [3.05, 3.63) is 29.8 Å². The molecule has 0 radical (unpaired) electrons. The summed E-state index contributed by atoms with van der Waals surface area (Å²) in [6, 6.07) is 5.88. The molecule has 28 heavy (non-hydrogen) atoms. The molecule has 0 aliphatic heterocycles. The second kappa shape index (κ2) is 9.34. The van der Waals surface area contributed by atoms with Gasteiger partial charge in [0.25, 0.3) is 0 Å². The summed E-state index contributed by atoms with van der Waals surface area (Å²) in [6.45, 7) is 3.33. The average Bonchev–Trinajstić information content (AvgIpc) is 3.06. The quantitative estimate of drug-likeness (QED) is 0.373. The zero-order chi connectivity index (χ0) is 20.9. The lowest BCUT2D eigenvalue weighted by atomic mass is 10.2. The molecule has 1 N–H and O–H groups in total. The smallest absolute Gasteiger partial charge is 0.316 e. The van der Waals surface area contributed by atoms with Gasteiger partial charge in [-0.3, -0.25) is 19.2 Å². The number of hydrogen-bond donors (Lipinski definition) is 1. The molecule has 0 aliphatic carbocycles. The number of thioether (sulfide) groups is 1. The minimum atomic E-state index is -3.70. The summed E-state index contributed by atoms with van der Waals surface area (Å²) in [6.07, 6.45) is 1.05. The van der Waals surface area contributed by atoms with Gasteiger partial charge in [0, 0.05) is 0 Å². The number of amides is 1. The van der Waals surface area contributed by atoms with Crippen molar-refractivity contribution in [3.8, 4) is 0 Å². The Balaban J connectivity index is 2.13. The van der Waals surface area contributed by atoms with Crippen molar-refractivity contribution in [1.82, 2.24) is 10.2 Å². The zero-order valence-corrected chi connectivity index (χ0v) is 18.2. The molecule has 0 bridgehead atoms. The molecular weight excluding hydrogens is 424 g/mol. The number of esters is 1. The number of nitrogens with zero attached hydrogens (tertiary/aromatic N) is 3. The highest BCUT2D eigenvalue weighted by molar-refractivity contribution is 8.01. The van der Waals surface area contributed by atoms with Crippen LogP contribution in [0.4, 0.5) is 10.8 Å². The minimum Gasteiger partial charge on any atom is -0.468 e. The Morgan fingerprint density at radius 2 is 2.07 bits per heavy atom. The molecule has 9 nitrogen and oxygen atoms in total. The van der Waals surface area contributed by atoms with E-state index in [1.807, 2.05) is 13.0 Å². The first kappa shape index (κ1) is 22.1. The van der Waals surface area contributed by atoms with Gasteiger partial charge in [-0.05, 0) is 31.5 Å². The van der Waals surface area contributed by atoms with E-state index < -0.39 is 27.9 Å². The summed E-state index contributed by atoms with van der Waals surface area (Å²) in [5, 5.41) is 10.5. The fraction of sp³-hybridized carbons (Fsp3) is 0.375. The zero-order valence-electron chi connectivity index (χ0n) is 15.7. The summed E-state index contributed by atoms with van der Waals surface area (Å²) >= 11 is 2.21. The number of carbonyl (C=O) groups is 2. The van der Waals surface area contributed by atoms with Gasteiger partial charge in [-0.25, -0.2) is 8.42 Å². The molecule has 1 aromatic heterocycles. The van der Waals surface area contributed by atoms with Crippen LogP contribution in [-0.4, -0.2) is 55.7 Å². The highest BCUT2D eigenvalue weighted by Gasteiger charge is 2.29. The van der Waals surface area contributed by atoms with Gasteiger partial charge in [0.1, 0.15) is 6.04 Å². The largest absolute Gasteiger partial charge is 0.468 e. The monoisotopic (exact) mass is 444 g/mol. The van der Waals surface area contributed by atoms with Crippen molar-refractivity contribution >= 4 is 55.8 Å². The van der Waals surface area contributed by atoms with E-state index in [1.165, 1.54) is 14.0 Å². The number of aromatic nitrogens is 2. The molecule has 2 aromatic rings. The van der Waals surface area contributed by atoms with Crippen LogP contribution in [-0.2, 0) is 24.3 Å². The molecule has 1 aromatic carbocycles. The number of anilines is 2. The second-order valence-corrected chi connectivity index (χ2v) is 9.86. The summed E-state index contributed by atoms with van der Waals surface area (Å²) in [7, 11) is -2.41. The van der Waals surface area contributed by atoms with E-state index in [-0.39, 0.29) is 10.9 Å². The minimum absolute atomic E-state index is 0.0741. The van der Waals surface area contributed by atoms with Gasteiger partial charge >= 0.3 is 5.97 Å². The normalized spacial score (nSPS) is 12.3. The third kappa shape index (κ3) is 5.91. The van der Waals surface area contributed by atoms with Crippen LogP contribution in [0.1, 0.15) is 12.5 Å². The molecule has 152 valence electrons. The van der Waals surface area contributed by atoms with Crippen molar-refractivity contribution < 1.29 is 22.7 Å². The van der Waals surface area contributed by atoms with E-state index in [1.54, 1.807) is 18.2 Å². The molecular formula is C16H20N4O5S3. The van der Waals surface area contributed by atoms with Crippen molar-refractivity contribution in [2.24, 2.45) is 0 Å². The van der Waals surface area contributed by atoms with Crippen LogP contribution in [0, 0.1) is 6.92 Å². The molecule has 0 spiro atoms. The van der Waals surface area contributed by atoms with Crippen LogP contribution in [0.3, 0.4) is 0 Å². The first-order chi connectivity index (χ1) is 13.1. The van der Waals surface area contributed by atoms with E-state index in [0.29, 0.717) is 10.0 Å². The van der Waals surface area contributed by atoms with Gasteiger partial charge in [0.05, 0.1) is 24.8 Å². The maximum absolute atomic E-state index is 12.6. The Bertz CT molecular complexity index is 961. The van der Waals surface area contributed by atoms with E-state index in [0.717, 1.165) is 39.2 Å². The summed E-state index contributed by atoms with van der Waals surface area (Å²) in [4.78, 5) is 23.8. The first-order valence-electron chi connectivity index (χ1n) is 8.02. The lowest BCUT2D eigenvalue weighted by Crippen LogP contribution is -2.45. The van der Waals surface area contributed by atoms with Crippen LogP contribution >= 0.6 is 23.1 Å². The molecule has 12 heteroatoms. The van der Waals surface area contributed by atoms with E-state index in [2.05, 4.69) is 20.3 Å². The SMILES string of the molecule is COC(=O)CSc1nnc(NC(=O)[C@@H](C)N(c2cccc(C)c2)S(C)(=O)=O)s1. The topological polar surface area (TPSA) is 119 Å². The van der Waals surface area contributed by atoms with Crippen LogP contribution < -0.4 is 9.62 Å². The Labute approximate surface area is 171 Å². The number of carbonyl (C=O) groups excluding carboxylic acids is 2. The molecule has 0 fully saturated rings. The highest BCUT2D eigenvalue weighted by Crippen LogP contribution is 2.27. The van der Waals surface area contributed by atoms with Gasteiger partial charge < -0.3 is 4.74 Å². The maximum Gasteiger partial charge on any atom is 0.316 e. The molecule has 0 saturated carbocycles. The number of methoxy groups -OCH3 is 1. The predicted octanol–water partition coefficient (Wildman–Crippen LogP) is 1.90.